The average molecular weight is 297 g/mol. The van der Waals surface area contributed by atoms with Crippen molar-refractivity contribution in [3.63, 3.8) is 0 Å². The molecule has 7 heteroatoms. The van der Waals surface area contributed by atoms with Crippen molar-refractivity contribution < 1.29 is 18.7 Å². The fraction of sp³-hybridized carbons (Fsp3) is 0.500. The molecular weight excluding hydrogens is 277 g/mol. The second kappa shape index (κ2) is 7.56. The number of nitrogens with zero attached hydrogens (tertiary/aromatic N) is 1. The van der Waals surface area contributed by atoms with E-state index in [-0.39, 0.29) is 11.5 Å². The Labute approximate surface area is 123 Å². The van der Waals surface area contributed by atoms with Crippen LogP contribution in [0.3, 0.4) is 0 Å². The summed E-state index contributed by atoms with van der Waals surface area (Å²) in [4.78, 5) is 26.4. The number of pyridine rings is 1. The van der Waals surface area contributed by atoms with Crippen LogP contribution in [0.4, 0.5) is 9.18 Å². The quantitative estimate of drug-likeness (QED) is 0.642. The third-order valence-electron chi connectivity index (χ3n) is 2.30. The highest BCUT2D eigenvalue weighted by atomic mass is 19.1. The lowest BCUT2D eigenvalue weighted by Crippen LogP contribution is -2.34. The molecule has 0 saturated heterocycles. The highest BCUT2D eigenvalue weighted by Gasteiger charge is 2.15. The minimum Gasteiger partial charge on any atom is -0.444 e. The first kappa shape index (κ1) is 16.9. The molecule has 1 aromatic rings. The second-order valence-electron chi connectivity index (χ2n) is 5.41. The molecule has 0 aliphatic carbocycles. The minimum absolute atomic E-state index is 0.211. The number of hydrogen-bond donors (Lipinski definition) is 2. The highest BCUT2D eigenvalue weighted by molar-refractivity contribution is 5.93. The van der Waals surface area contributed by atoms with Crippen LogP contribution in [0, 0.1) is 5.95 Å². The molecule has 0 saturated carbocycles. The van der Waals surface area contributed by atoms with E-state index in [0.29, 0.717) is 19.5 Å². The molecule has 0 radical (unpaired) electrons. The van der Waals surface area contributed by atoms with Crippen LogP contribution < -0.4 is 10.6 Å². The van der Waals surface area contributed by atoms with Gasteiger partial charge in [-0.25, -0.2) is 9.78 Å². The normalized spacial score (nSPS) is 10.9. The summed E-state index contributed by atoms with van der Waals surface area (Å²) in [5.41, 5.74) is -0.327. The van der Waals surface area contributed by atoms with Gasteiger partial charge in [-0.15, -0.1) is 0 Å². The minimum atomic E-state index is -0.700. The number of rotatable bonds is 5. The molecular formula is C14H20FN3O3. The zero-order chi connectivity index (χ0) is 15.9. The van der Waals surface area contributed by atoms with E-state index < -0.39 is 17.6 Å². The fourth-order valence-electron chi connectivity index (χ4n) is 1.44. The molecule has 2 amide bonds. The second-order valence-corrected chi connectivity index (χ2v) is 5.41. The van der Waals surface area contributed by atoms with E-state index in [9.17, 15) is 14.0 Å². The van der Waals surface area contributed by atoms with Gasteiger partial charge in [0.25, 0.3) is 5.91 Å². The summed E-state index contributed by atoms with van der Waals surface area (Å²) in [5, 5.41) is 5.20. The third-order valence-corrected chi connectivity index (χ3v) is 2.30. The van der Waals surface area contributed by atoms with Gasteiger partial charge in [-0.05, 0) is 33.3 Å². The monoisotopic (exact) mass is 297 g/mol. The van der Waals surface area contributed by atoms with E-state index in [1.54, 1.807) is 20.8 Å². The Bertz CT molecular complexity index is 500. The van der Waals surface area contributed by atoms with Crippen LogP contribution in [-0.2, 0) is 4.74 Å². The first-order valence-electron chi connectivity index (χ1n) is 6.64. The van der Waals surface area contributed by atoms with Gasteiger partial charge in [-0.2, -0.15) is 4.39 Å². The molecule has 0 bridgehead atoms. The molecule has 6 nitrogen and oxygen atoms in total. The molecule has 0 aromatic carbocycles. The number of aromatic nitrogens is 1. The van der Waals surface area contributed by atoms with Gasteiger partial charge in [0.15, 0.2) is 0 Å². The Morgan fingerprint density at radius 2 is 1.95 bits per heavy atom. The van der Waals surface area contributed by atoms with Crippen molar-refractivity contribution in [1.29, 1.82) is 0 Å². The lowest BCUT2D eigenvalue weighted by Gasteiger charge is -2.19. The smallest absolute Gasteiger partial charge is 0.407 e. The topological polar surface area (TPSA) is 80.3 Å². The van der Waals surface area contributed by atoms with Crippen molar-refractivity contribution in [2.45, 2.75) is 32.8 Å². The summed E-state index contributed by atoms with van der Waals surface area (Å²) in [7, 11) is 0. The van der Waals surface area contributed by atoms with Crippen molar-refractivity contribution >= 4 is 12.0 Å². The summed E-state index contributed by atoms with van der Waals surface area (Å²) in [6.45, 7) is 6.07. The predicted octanol–water partition coefficient (Wildman–Crippen LogP) is 1.87. The maximum absolute atomic E-state index is 12.8. The van der Waals surface area contributed by atoms with Gasteiger partial charge in [0.05, 0.1) is 0 Å². The SMILES string of the molecule is CC(C)(C)OC(=O)NCCCNC(=O)c1ccnc(F)c1. The lowest BCUT2D eigenvalue weighted by molar-refractivity contribution is 0.0527. The van der Waals surface area contributed by atoms with Crippen molar-refractivity contribution in [3.8, 4) is 0 Å². The Balaban J connectivity index is 2.20. The molecule has 1 heterocycles. The largest absolute Gasteiger partial charge is 0.444 e. The Hall–Kier alpha value is -2.18. The lowest BCUT2D eigenvalue weighted by atomic mass is 10.2. The summed E-state index contributed by atoms with van der Waals surface area (Å²) in [6.07, 6.45) is 1.28. The van der Waals surface area contributed by atoms with Crippen LogP contribution in [0.15, 0.2) is 18.3 Å². The average Bonchev–Trinajstić information content (AvgIpc) is 2.36. The zero-order valence-electron chi connectivity index (χ0n) is 12.4. The van der Waals surface area contributed by atoms with Gasteiger partial charge in [-0.3, -0.25) is 4.79 Å². The highest BCUT2D eigenvalue weighted by Crippen LogP contribution is 2.06. The molecule has 1 rings (SSSR count). The van der Waals surface area contributed by atoms with Gasteiger partial charge in [0.1, 0.15) is 5.60 Å². The first-order valence-corrected chi connectivity index (χ1v) is 6.64. The Morgan fingerprint density at radius 1 is 1.29 bits per heavy atom. The van der Waals surface area contributed by atoms with Gasteiger partial charge >= 0.3 is 6.09 Å². The van der Waals surface area contributed by atoms with E-state index in [2.05, 4.69) is 15.6 Å². The molecule has 0 aliphatic heterocycles. The van der Waals surface area contributed by atoms with Crippen LogP contribution in [0.1, 0.15) is 37.6 Å². The van der Waals surface area contributed by atoms with E-state index in [1.165, 1.54) is 12.3 Å². The number of carbonyl (C=O) groups excluding carboxylic acids is 2. The molecule has 1 aromatic heterocycles. The third kappa shape index (κ3) is 7.24. The van der Waals surface area contributed by atoms with Gasteiger partial charge in [-0.1, -0.05) is 0 Å². The van der Waals surface area contributed by atoms with E-state index >= 15 is 0 Å². The Kier molecular flexibility index (Phi) is 6.08. The van der Waals surface area contributed by atoms with Crippen LogP contribution in [0.2, 0.25) is 0 Å². The van der Waals surface area contributed by atoms with Crippen molar-refractivity contribution in [2.75, 3.05) is 13.1 Å². The number of alkyl carbamates (subject to hydrolysis) is 1. The molecule has 0 fully saturated rings. The summed E-state index contributed by atoms with van der Waals surface area (Å²) >= 11 is 0. The van der Waals surface area contributed by atoms with Crippen LogP contribution in [0.25, 0.3) is 0 Å². The molecule has 116 valence electrons. The Morgan fingerprint density at radius 3 is 2.57 bits per heavy atom. The number of nitrogens with one attached hydrogen (secondary N) is 2. The number of hydrogen-bond acceptors (Lipinski definition) is 4. The van der Waals surface area contributed by atoms with E-state index in [4.69, 9.17) is 4.74 Å². The van der Waals surface area contributed by atoms with E-state index in [1.807, 2.05) is 0 Å². The fourth-order valence-corrected chi connectivity index (χ4v) is 1.44. The molecule has 0 aliphatic rings. The number of carbonyl (C=O) groups is 2. The van der Waals surface area contributed by atoms with E-state index in [0.717, 1.165) is 6.07 Å². The summed E-state index contributed by atoms with van der Waals surface area (Å²) < 4.78 is 17.9. The predicted molar refractivity (Wildman–Crippen MR) is 75.4 cm³/mol. The maximum Gasteiger partial charge on any atom is 0.407 e. The zero-order valence-corrected chi connectivity index (χ0v) is 12.4. The number of ether oxygens (including phenoxy) is 1. The van der Waals surface area contributed by atoms with Gasteiger partial charge in [0.2, 0.25) is 5.95 Å². The molecule has 0 unspecified atom stereocenters. The molecule has 2 N–H and O–H groups in total. The number of amides is 2. The van der Waals surface area contributed by atoms with Crippen LogP contribution in [0.5, 0.6) is 0 Å². The summed E-state index contributed by atoms with van der Waals surface area (Å²) in [6, 6.07) is 2.49. The molecule has 0 spiro atoms. The van der Waals surface area contributed by atoms with Crippen LogP contribution in [-0.4, -0.2) is 35.7 Å². The van der Waals surface area contributed by atoms with Crippen LogP contribution >= 0.6 is 0 Å². The first-order chi connectivity index (χ1) is 9.78. The molecule has 21 heavy (non-hydrogen) atoms. The van der Waals surface area contributed by atoms with Gasteiger partial charge < -0.3 is 15.4 Å². The summed E-state index contributed by atoms with van der Waals surface area (Å²) in [5.74, 6) is -1.08. The number of halogens is 1. The van der Waals surface area contributed by atoms with Crippen molar-refractivity contribution in [1.82, 2.24) is 15.6 Å². The van der Waals surface area contributed by atoms with Crippen molar-refractivity contribution in [2.24, 2.45) is 0 Å². The molecule has 0 atom stereocenters. The van der Waals surface area contributed by atoms with Gasteiger partial charge in [0, 0.05) is 30.9 Å². The standard InChI is InChI=1S/C14H20FN3O3/c1-14(2,3)21-13(20)18-7-4-6-17-12(19)10-5-8-16-11(15)9-10/h5,8-9H,4,6-7H2,1-3H3,(H,17,19)(H,18,20). The maximum atomic E-state index is 12.8. The van der Waals surface area contributed by atoms with Crippen molar-refractivity contribution in [3.05, 3.63) is 29.8 Å².